The number of nitrogens with zero attached hydrogens (tertiary/aromatic N) is 4. The maximum Gasteiger partial charge on any atom is 0.387 e. The molecule has 0 fully saturated rings. The molecule has 7 rings (SSSR count). The molecule has 10 heteroatoms. The van der Waals surface area contributed by atoms with Crippen LogP contribution in [0, 0.1) is 0 Å². The highest BCUT2D eigenvalue weighted by Gasteiger charge is 2.45. The number of carbonyl (C=O) groups excluding carboxylic acids is 1. The number of rotatable bonds is 4. The molecular formula is C28H25F2N5O3. The van der Waals surface area contributed by atoms with Crippen molar-refractivity contribution >= 4 is 16.9 Å². The summed E-state index contributed by atoms with van der Waals surface area (Å²) in [5.74, 6) is 0.487. The lowest BCUT2D eigenvalue weighted by atomic mass is 9.97. The van der Waals surface area contributed by atoms with Crippen molar-refractivity contribution in [1.82, 2.24) is 19.4 Å². The third-order valence-electron chi connectivity index (χ3n) is 8.30. The van der Waals surface area contributed by atoms with Crippen molar-refractivity contribution in [1.29, 1.82) is 0 Å². The van der Waals surface area contributed by atoms with Crippen LogP contribution in [-0.4, -0.2) is 50.7 Å². The Hall–Kier alpha value is -3.89. The minimum absolute atomic E-state index is 0.00716. The van der Waals surface area contributed by atoms with Gasteiger partial charge in [0.1, 0.15) is 11.6 Å². The summed E-state index contributed by atoms with van der Waals surface area (Å²) < 4.78 is 33.6. The number of aromatic nitrogens is 3. The van der Waals surface area contributed by atoms with E-state index in [0.717, 1.165) is 45.7 Å². The van der Waals surface area contributed by atoms with E-state index in [0.29, 0.717) is 24.0 Å². The zero-order chi connectivity index (χ0) is 26.3. The SMILES string of the molecule is CN1C(=O)c2cccc(OC(F)F)c2[C@H]2C[C@@H]1c1nc3ccc(-c4cnc5c(c4)CCC5(N)CO)cc3n12. The first-order valence-electron chi connectivity index (χ1n) is 12.6. The molecule has 3 atom stereocenters. The van der Waals surface area contributed by atoms with Crippen molar-refractivity contribution in [2.45, 2.75) is 43.5 Å². The van der Waals surface area contributed by atoms with Crippen molar-refractivity contribution in [3.8, 4) is 16.9 Å². The van der Waals surface area contributed by atoms with E-state index in [2.05, 4.69) is 15.6 Å². The van der Waals surface area contributed by atoms with Gasteiger partial charge in [0.25, 0.3) is 5.91 Å². The van der Waals surface area contributed by atoms with Crippen molar-refractivity contribution in [2.75, 3.05) is 13.7 Å². The van der Waals surface area contributed by atoms with Gasteiger partial charge in [0, 0.05) is 36.4 Å². The maximum atomic E-state index is 13.3. The van der Waals surface area contributed by atoms with Crippen LogP contribution in [0.5, 0.6) is 5.75 Å². The van der Waals surface area contributed by atoms with Gasteiger partial charge in [-0.3, -0.25) is 9.78 Å². The lowest BCUT2D eigenvalue weighted by molar-refractivity contribution is -0.0507. The molecule has 4 aromatic rings. The molecular weight excluding hydrogens is 492 g/mol. The first-order chi connectivity index (χ1) is 18.3. The molecule has 1 aliphatic carbocycles. The lowest BCUT2D eigenvalue weighted by Crippen LogP contribution is -2.38. The van der Waals surface area contributed by atoms with E-state index in [4.69, 9.17) is 15.5 Å². The number of alkyl halides is 2. The Kier molecular flexibility index (Phi) is 4.93. The average Bonchev–Trinajstić information content (AvgIpc) is 3.55. The number of imidazole rings is 1. The standard InChI is InChI=1S/C28H25F2N5O3/c1-34-21-11-20(23-17(26(34)37)3-2-4-22(23)38-27(29)30)35-19-10-14(5-6-18(19)33-25(21)35)16-9-15-7-8-28(31,13-36)24(15)32-12-16/h2-6,9-10,12,20-21,27,36H,7-8,11,13,31H2,1H3/t20-,21-,28?/m1/s1. The number of nitrogens with two attached hydrogens (primary N) is 1. The number of aryl methyl sites for hydroxylation is 1. The number of aliphatic hydroxyl groups is 1. The second-order valence-electron chi connectivity index (χ2n) is 10.4. The first kappa shape index (κ1) is 23.2. The minimum atomic E-state index is -3.01. The van der Waals surface area contributed by atoms with Crippen LogP contribution in [0.15, 0.2) is 48.7 Å². The number of ether oxygens (including phenoxy) is 1. The number of carbonyl (C=O) groups is 1. The number of benzene rings is 2. The van der Waals surface area contributed by atoms with E-state index >= 15 is 0 Å². The summed E-state index contributed by atoms with van der Waals surface area (Å²) in [5.41, 5.74) is 11.5. The zero-order valence-corrected chi connectivity index (χ0v) is 20.6. The molecule has 2 bridgehead atoms. The Labute approximate surface area is 216 Å². The summed E-state index contributed by atoms with van der Waals surface area (Å²) >= 11 is 0. The number of hydrogen-bond donors (Lipinski definition) is 2. The average molecular weight is 518 g/mol. The number of amides is 1. The summed E-state index contributed by atoms with van der Waals surface area (Å²) in [4.78, 5) is 24.4. The van der Waals surface area contributed by atoms with Gasteiger partial charge in [0.05, 0.1) is 41.0 Å². The Balaban J connectivity index is 1.39. The number of pyridine rings is 1. The number of hydrogen-bond acceptors (Lipinski definition) is 6. The van der Waals surface area contributed by atoms with Gasteiger partial charge in [-0.2, -0.15) is 8.78 Å². The van der Waals surface area contributed by atoms with Crippen LogP contribution in [0.25, 0.3) is 22.2 Å². The van der Waals surface area contributed by atoms with Gasteiger partial charge in [-0.15, -0.1) is 0 Å². The van der Waals surface area contributed by atoms with Gasteiger partial charge in [-0.05, 0) is 54.3 Å². The molecule has 0 spiro atoms. The van der Waals surface area contributed by atoms with Crippen LogP contribution in [0.1, 0.15) is 57.9 Å². The van der Waals surface area contributed by atoms with E-state index < -0.39 is 18.2 Å². The highest BCUT2D eigenvalue weighted by Crippen LogP contribution is 2.50. The number of fused-ring (bicyclic) bond motifs is 10. The maximum absolute atomic E-state index is 13.3. The van der Waals surface area contributed by atoms with E-state index in [1.54, 1.807) is 30.3 Å². The molecule has 2 aromatic carbocycles. The van der Waals surface area contributed by atoms with Crippen LogP contribution in [0.4, 0.5) is 8.78 Å². The van der Waals surface area contributed by atoms with Crippen molar-refractivity contribution in [2.24, 2.45) is 5.73 Å². The van der Waals surface area contributed by atoms with Gasteiger partial charge >= 0.3 is 6.61 Å². The molecule has 0 radical (unpaired) electrons. The molecule has 4 heterocycles. The van der Waals surface area contributed by atoms with Crippen molar-refractivity contribution < 1.29 is 23.4 Å². The molecule has 3 aliphatic rings. The molecule has 0 saturated carbocycles. The lowest BCUT2D eigenvalue weighted by Gasteiger charge is -2.24. The second kappa shape index (κ2) is 8.05. The fraction of sp³-hybridized carbons (Fsp3) is 0.321. The fourth-order valence-corrected chi connectivity index (χ4v) is 6.40. The van der Waals surface area contributed by atoms with Crippen LogP contribution in [-0.2, 0) is 12.0 Å². The molecule has 38 heavy (non-hydrogen) atoms. The third kappa shape index (κ3) is 3.16. The predicted molar refractivity (Wildman–Crippen MR) is 135 cm³/mol. The largest absolute Gasteiger partial charge is 0.434 e. The second-order valence-corrected chi connectivity index (χ2v) is 10.4. The van der Waals surface area contributed by atoms with E-state index in [9.17, 15) is 18.7 Å². The molecule has 3 N–H and O–H groups in total. The minimum Gasteiger partial charge on any atom is -0.434 e. The van der Waals surface area contributed by atoms with Crippen molar-refractivity contribution in [3.05, 3.63) is 76.9 Å². The monoisotopic (exact) mass is 517 g/mol. The van der Waals surface area contributed by atoms with E-state index in [1.807, 2.05) is 18.2 Å². The van der Waals surface area contributed by atoms with Crippen LogP contribution < -0.4 is 10.5 Å². The van der Waals surface area contributed by atoms with Crippen LogP contribution in [0.3, 0.4) is 0 Å². The smallest absolute Gasteiger partial charge is 0.387 e. The van der Waals surface area contributed by atoms with E-state index in [-0.39, 0.29) is 24.3 Å². The molecule has 2 aromatic heterocycles. The van der Waals surface area contributed by atoms with Crippen molar-refractivity contribution in [3.63, 3.8) is 0 Å². The summed E-state index contributed by atoms with van der Waals surface area (Å²) in [6.07, 6.45) is 3.67. The third-order valence-corrected chi connectivity index (χ3v) is 8.30. The van der Waals surface area contributed by atoms with Gasteiger partial charge in [0.2, 0.25) is 0 Å². The number of aliphatic hydroxyl groups excluding tert-OH is 1. The first-order valence-corrected chi connectivity index (χ1v) is 12.6. The normalized spacial score (nSPS) is 23.5. The summed E-state index contributed by atoms with van der Waals surface area (Å²) in [6.45, 7) is -3.16. The highest BCUT2D eigenvalue weighted by molar-refractivity contribution is 5.98. The Bertz CT molecular complexity index is 1640. The molecule has 8 nitrogen and oxygen atoms in total. The summed E-state index contributed by atoms with van der Waals surface area (Å²) in [5, 5.41) is 9.76. The van der Waals surface area contributed by atoms with E-state index in [1.165, 1.54) is 6.07 Å². The molecule has 1 unspecified atom stereocenters. The molecule has 194 valence electrons. The predicted octanol–water partition coefficient (Wildman–Crippen LogP) is 3.91. The highest BCUT2D eigenvalue weighted by atomic mass is 19.3. The van der Waals surface area contributed by atoms with Gasteiger partial charge in [-0.1, -0.05) is 12.1 Å². The molecule has 1 amide bonds. The topological polar surface area (TPSA) is 106 Å². The van der Waals surface area contributed by atoms with Crippen LogP contribution >= 0.6 is 0 Å². The Morgan fingerprint density at radius 1 is 1.21 bits per heavy atom. The zero-order valence-electron chi connectivity index (χ0n) is 20.6. The molecule has 2 aliphatic heterocycles. The van der Waals surface area contributed by atoms with Crippen LogP contribution in [0.2, 0.25) is 0 Å². The van der Waals surface area contributed by atoms with Gasteiger partial charge in [-0.25, -0.2) is 4.98 Å². The fourth-order valence-electron chi connectivity index (χ4n) is 6.40. The summed E-state index contributed by atoms with van der Waals surface area (Å²) in [6, 6.07) is 12.0. The Morgan fingerprint density at radius 2 is 2.05 bits per heavy atom. The quantitative estimate of drug-likeness (QED) is 0.425. The Morgan fingerprint density at radius 3 is 2.84 bits per heavy atom. The summed E-state index contributed by atoms with van der Waals surface area (Å²) in [7, 11) is 1.72. The van der Waals surface area contributed by atoms with Gasteiger partial charge < -0.3 is 25.0 Å². The number of halogens is 2. The van der Waals surface area contributed by atoms with Gasteiger partial charge in [0.15, 0.2) is 0 Å². The molecule has 0 saturated heterocycles.